The lowest BCUT2D eigenvalue weighted by molar-refractivity contribution is -0.143. The summed E-state index contributed by atoms with van der Waals surface area (Å²) in [6.45, 7) is 0. The molecule has 1 aromatic heterocycles. The van der Waals surface area contributed by atoms with Crippen LogP contribution in [0.1, 0.15) is 30.9 Å². The van der Waals surface area contributed by atoms with Gasteiger partial charge in [-0.3, -0.25) is 9.48 Å². The maximum Gasteiger partial charge on any atom is 0.331 e. The first kappa shape index (κ1) is 12.6. The Morgan fingerprint density at radius 3 is 2.67 bits per heavy atom. The van der Waals surface area contributed by atoms with E-state index in [2.05, 4.69) is 10.4 Å². The average Bonchev–Trinajstić information content (AvgIpc) is 2.68. The van der Waals surface area contributed by atoms with Crippen molar-refractivity contribution in [3.05, 3.63) is 18.0 Å². The molecule has 1 aliphatic carbocycles. The van der Waals surface area contributed by atoms with Crippen molar-refractivity contribution in [3.63, 3.8) is 0 Å². The number of hydrogen-bond acceptors (Lipinski definition) is 4. The third kappa shape index (κ3) is 2.21. The van der Waals surface area contributed by atoms with Gasteiger partial charge in [-0.25, -0.2) is 4.79 Å². The van der Waals surface area contributed by atoms with Gasteiger partial charge in [0.1, 0.15) is 0 Å². The average molecular weight is 252 g/mol. The van der Waals surface area contributed by atoms with Crippen molar-refractivity contribution < 1.29 is 14.7 Å². The monoisotopic (exact) mass is 252 g/mol. The van der Waals surface area contributed by atoms with Gasteiger partial charge in [-0.1, -0.05) is 0 Å². The molecule has 2 rings (SSSR count). The molecule has 7 heteroatoms. The minimum absolute atomic E-state index is 0.412. The molecule has 1 aromatic rings. The van der Waals surface area contributed by atoms with Gasteiger partial charge >= 0.3 is 5.97 Å². The van der Waals surface area contributed by atoms with E-state index in [4.69, 9.17) is 10.8 Å². The van der Waals surface area contributed by atoms with Crippen LogP contribution in [0.2, 0.25) is 0 Å². The number of hydrogen-bond donors (Lipinski definition) is 3. The summed E-state index contributed by atoms with van der Waals surface area (Å²) >= 11 is 0. The molecule has 1 saturated carbocycles. The van der Waals surface area contributed by atoms with Gasteiger partial charge in [-0.2, -0.15) is 5.10 Å². The van der Waals surface area contributed by atoms with Crippen LogP contribution in [0, 0.1) is 0 Å². The van der Waals surface area contributed by atoms with Crippen LogP contribution < -0.4 is 11.1 Å². The minimum atomic E-state index is -1.13. The third-order valence-electron chi connectivity index (χ3n) is 3.28. The van der Waals surface area contributed by atoms with Crippen molar-refractivity contribution in [1.82, 2.24) is 15.1 Å². The van der Waals surface area contributed by atoms with E-state index in [1.54, 1.807) is 13.2 Å². The Labute approximate surface area is 104 Å². The first-order valence-corrected chi connectivity index (χ1v) is 5.73. The molecule has 0 radical (unpaired) electrons. The normalized spacial score (nSPS) is 18.8. The molecule has 0 bridgehead atoms. The number of rotatable bonds is 4. The highest BCUT2D eigenvalue weighted by atomic mass is 16.4. The molecule has 0 saturated heterocycles. The van der Waals surface area contributed by atoms with Crippen LogP contribution in [0.5, 0.6) is 0 Å². The number of aryl methyl sites for hydroxylation is 1. The Bertz CT molecular complexity index is 478. The Morgan fingerprint density at radius 2 is 2.28 bits per heavy atom. The van der Waals surface area contributed by atoms with Crippen molar-refractivity contribution in [2.24, 2.45) is 12.8 Å². The molecule has 1 fully saturated rings. The fraction of sp³-hybridized carbons (Fsp3) is 0.545. The van der Waals surface area contributed by atoms with E-state index in [1.165, 1.54) is 10.9 Å². The van der Waals surface area contributed by atoms with Crippen molar-refractivity contribution in [2.45, 2.75) is 30.8 Å². The number of amides is 1. The van der Waals surface area contributed by atoms with Gasteiger partial charge in [0.05, 0.1) is 11.7 Å². The number of carboxylic acids is 1. The zero-order valence-corrected chi connectivity index (χ0v) is 10.1. The lowest BCUT2D eigenvalue weighted by Crippen LogP contribution is -2.59. The highest BCUT2D eigenvalue weighted by molar-refractivity contribution is 5.91. The van der Waals surface area contributed by atoms with Gasteiger partial charge in [-0.15, -0.1) is 0 Å². The number of aromatic nitrogens is 2. The van der Waals surface area contributed by atoms with Crippen molar-refractivity contribution >= 4 is 11.9 Å². The fourth-order valence-electron chi connectivity index (χ4n) is 1.94. The summed E-state index contributed by atoms with van der Waals surface area (Å²) < 4.78 is 1.49. The van der Waals surface area contributed by atoms with Crippen LogP contribution in [0.4, 0.5) is 0 Å². The maximum atomic E-state index is 11.9. The smallest absolute Gasteiger partial charge is 0.331 e. The van der Waals surface area contributed by atoms with E-state index in [-0.39, 0.29) is 0 Å². The maximum absolute atomic E-state index is 11.9. The first-order chi connectivity index (χ1) is 8.42. The Morgan fingerprint density at radius 1 is 1.61 bits per heavy atom. The van der Waals surface area contributed by atoms with Crippen LogP contribution in [0.15, 0.2) is 12.4 Å². The molecule has 98 valence electrons. The van der Waals surface area contributed by atoms with Crippen molar-refractivity contribution in [3.8, 4) is 0 Å². The van der Waals surface area contributed by atoms with Gasteiger partial charge in [-0.05, 0) is 19.3 Å². The van der Waals surface area contributed by atoms with E-state index in [9.17, 15) is 9.59 Å². The number of nitrogens with zero attached hydrogens (tertiary/aromatic N) is 2. The summed E-state index contributed by atoms with van der Waals surface area (Å²) in [5.74, 6) is -1.54. The summed E-state index contributed by atoms with van der Waals surface area (Å²) in [5.41, 5.74) is 5.38. The van der Waals surface area contributed by atoms with Crippen LogP contribution in [0.3, 0.4) is 0 Å². The number of nitrogens with one attached hydrogen (secondary N) is 1. The second-order valence-electron chi connectivity index (χ2n) is 4.70. The van der Waals surface area contributed by atoms with Crippen LogP contribution in [-0.4, -0.2) is 32.3 Å². The summed E-state index contributed by atoms with van der Waals surface area (Å²) in [6, 6.07) is -1.10. The third-order valence-corrected chi connectivity index (χ3v) is 3.28. The lowest BCUT2D eigenvalue weighted by atomic mass is 9.77. The summed E-state index contributed by atoms with van der Waals surface area (Å²) in [7, 11) is 1.68. The van der Waals surface area contributed by atoms with Gasteiger partial charge in [0.15, 0.2) is 6.04 Å². The molecule has 0 spiro atoms. The van der Waals surface area contributed by atoms with E-state index in [0.717, 1.165) is 6.42 Å². The molecule has 4 N–H and O–H groups in total. The summed E-state index contributed by atoms with van der Waals surface area (Å²) in [6.07, 6.45) is 5.07. The van der Waals surface area contributed by atoms with Crippen molar-refractivity contribution in [1.29, 1.82) is 0 Å². The predicted molar refractivity (Wildman–Crippen MR) is 62.5 cm³/mol. The molecular formula is C11H16N4O3. The lowest BCUT2D eigenvalue weighted by Gasteiger charge is -2.36. The van der Waals surface area contributed by atoms with E-state index in [1.807, 2.05) is 0 Å². The molecule has 0 aliphatic heterocycles. The first-order valence-electron chi connectivity index (χ1n) is 5.73. The standard InChI is InChI=1S/C11H16N4O3/c1-15-6-7(5-13-15)8(9(16)17)14-10(18)11(12)3-2-4-11/h5-6,8H,2-4,12H2,1H3,(H,14,18)(H,16,17). The zero-order valence-electron chi connectivity index (χ0n) is 10.1. The molecule has 18 heavy (non-hydrogen) atoms. The highest BCUT2D eigenvalue weighted by Crippen LogP contribution is 2.30. The Hall–Kier alpha value is -1.89. The molecule has 0 aromatic carbocycles. The van der Waals surface area contributed by atoms with E-state index in [0.29, 0.717) is 18.4 Å². The van der Waals surface area contributed by atoms with E-state index < -0.39 is 23.5 Å². The Kier molecular flexibility index (Phi) is 3.08. The van der Waals surface area contributed by atoms with Gasteiger partial charge < -0.3 is 16.2 Å². The zero-order chi connectivity index (χ0) is 13.3. The van der Waals surface area contributed by atoms with Crippen LogP contribution in [0.25, 0.3) is 0 Å². The molecule has 1 aliphatic rings. The topological polar surface area (TPSA) is 110 Å². The molecule has 1 atom stereocenters. The number of carbonyl (C=O) groups is 2. The molecule has 7 nitrogen and oxygen atoms in total. The van der Waals surface area contributed by atoms with Gasteiger partial charge in [0, 0.05) is 18.8 Å². The fourth-order valence-corrected chi connectivity index (χ4v) is 1.94. The number of nitrogens with two attached hydrogens (primary N) is 1. The quantitative estimate of drug-likeness (QED) is 0.671. The molecular weight excluding hydrogens is 236 g/mol. The van der Waals surface area contributed by atoms with Crippen LogP contribution >= 0.6 is 0 Å². The van der Waals surface area contributed by atoms with Crippen LogP contribution in [-0.2, 0) is 16.6 Å². The van der Waals surface area contributed by atoms with Gasteiger partial charge in [0.2, 0.25) is 5.91 Å². The summed E-state index contributed by atoms with van der Waals surface area (Å²) in [4.78, 5) is 23.1. The molecule has 1 unspecified atom stereocenters. The van der Waals surface area contributed by atoms with E-state index >= 15 is 0 Å². The van der Waals surface area contributed by atoms with Crippen molar-refractivity contribution in [2.75, 3.05) is 0 Å². The number of carbonyl (C=O) groups excluding carboxylic acids is 1. The summed E-state index contributed by atoms with van der Waals surface area (Å²) in [5, 5.41) is 15.5. The Balaban J connectivity index is 2.12. The molecule has 1 amide bonds. The number of carboxylic acid groups (broad SMARTS) is 1. The molecule has 1 heterocycles. The second kappa shape index (κ2) is 4.41. The largest absolute Gasteiger partial charge is 0.479 e. The van der Waals surface area contributed by atoms with Gasteiger partial charge in [0.25, 0.3) is 0 Å². The highest BCUT2D eigenvalue weighted by Gasteiger charge is 2.41. The minimum Gasteiger partial charge on any atom is -0.479 e. The SMILES string of the molecule is Cn1cc(C(NC(=O)C2(N)CCC2)C(=O)O)cn1. The predicted octanol–water partition coefficient (Wildman–Crippen LogP) is -0.457. The number of aliphatic carboxylic acids is 1. The second-order valence-corrected chi connectivity index (χ2v) is 4.70.